The SMILES string of the molecule is O=S(=O)(CCCCCCCCF)N(CCO)CCO. The molecule has 0 atom stereocenters. The standard InChI is InChI=1S/C12H26FNO4S/c13-7-5-3-1-2-4-6-12-19(17,18)14(8-10-15)9-11-16/h15-16H,1-12H2. The first-order valence-electron chi connectivity index (χ1n) is 6.84. The number of alkyl halides is 1. The van der Waals surface area contributed by atoms with Crippen LogP contribution in [0.4, 0.5) is 4.39 Å². The van der Waals surface area contributed by atoms with Crippen molar-refractivity contribution in [2.75, 3.05) is 38.7 Å². The first-order chi connectivity index (χ1) is 9.08. The zero-order valence-corrected chi connectivity index (χ0v) is 12.2. The Morgan fingerprint density at radius 1 is 0.842 bits per heavy atom. The zero-order valence-electron chi connectivity index (χ0n) is 11.4. The molecule has 0 fully saturated rings. The van der Waals surface area contributed by atoms with Gasteiger partial charge in [0.05, 0.1) is 25.6 Å². The maximum atomic E-state index is 11.9. The predicted octanol–water partition coefficient (Wildman–Crippen LogP) is 0.913. The summed E-state index contributed by atoms with van der Waals surface area (Å²) in [6.45, 7) is -0.727. The fourth-order valence-electron chi connectivity index (χ4n) is 1.83. The largest absolute Gasteiger partial charge is 0.395 e. The van der Waals surface area contributed by atoms with E-state index in [4.69, 9.17) is 10.2 Å². The van der Waals surface area contributed by atoms with Crippen molar-refractivity contribution in [2.24, 2.45) is 0 Å². The smallest absolute Gasteiger partial charge is 0.214 e. The number of aliphatic hydroxyl groups excluding tert-OH is 2. The Hall–Kier alpha value is -0.240. The zero-order chi connectivity index (χ0) is 14.6. The van der Waals surface area contributed by atoms with Gasteiger partial charge in [-0.1, -0.05) is 25.7 Å². The number of hydrogen-bond acceptors (Lipinski definition) is 4. The molecule has 0 saturated carbocycles. The van der Waals surface area contributed by atoms with Crippen LogP contribution in [0, 0.1) is 0 Å². The van der Waals surface area contributed by atoms with Crippen LogP contribution in [0.15, 0.2) is 0 Å². The van der Waals surface area contributed by atoms with Gasteiger partial charge in [-0.25, -0.2) is 8.42 Å². The lowest BCUT2D eigenvalue weighted by molar-refractivity contribution is 0.217. The Labute approximate surface area is 115 Å². The minimum Gasteiger partial charge on any atom is -0.395 e. The molecule has 0 spiro atoms. The van der Waals surface area contributed by atoms with Crippen molar-refractivity contribution < 1.29 is 23.0 Å². The van der Waals surface area contributed by atoms with Gasteiger partial charge in [0, 0.05) is 13.1 Å². The summed E-state index contributed by atoms with van der Waals surface area (Å²) in [6, 6.07) is 0. The van der Waals surface area contributed by atoms with Crippen LogP contribution in [-0.4, -0.2) is 61.7 Å². The summed E-state index contributed by atoms with van der Waals surface area (Å²) in [5.74, 6) is 0.0378. The average Bonchev–Trinajstić information content (AvgIpc) is 2.37. The predicted molar refractivity (Wildman–Crippen MR) is 73.2 cm³/mol. The van der Waals surface area contributed by atoms with E-state index in [-0.39, 0.29) is 38.7 Å². The minimum atomic E-state index is -3.39. The van der Waals surface area contributed by atoms with Crippen molar-refractivity contribution in [3.8, 4) is 0 Å². The number of unbranched alkanes of at least 4 members (excludes halogenated alkanes) is 5. The fourth-order valence-corrected chi connectivity index (χ4v) is 3.37. The van der Waals surface area contributed by atoms with Gasteiger partial charge >= 0.3 is 0 Å². The molecule has 0 rings (SSSR count). The van der Waals surface area contributed by atoms with E-state index in [0.717, 1.165) is 30.0 Å². The monoisotopic (exact) mass is 299 g/mol. The number of halogens is 1. The van der Waals surface area contributed by atoms with Gasteiger partial charge in [-0.15, -0.1) is 0 Å². The quantitative estimate of drug-likeness (QED) is 0.496. The molecular weight excluding hydrogens is 273 g/mol. The van der Waals surface area contributed by atoms with Crippen LogP contribution in [0.1, 0.15) is 38.5 Å². The molecule has 19 heavy (non-hydrogen) atoms. The second-order valence-electron chi connectivity index (χ2n) is 4.47. The lowest BCUT2D eigenvalue weighted by Gasteiger charge is -2.20. The molecule has 0 aliphatic carbocycles. The number of aliphatic hydroxyl groups is 2. The normalized spacial score (nSPS) is 12.2. The Kier molecular flexibility index (Phi) is 11.4. The summed E-state index contributed by atoms with van der Waals surface area (Å²) in [5, 5.41) is 17.6. The highest BCUT2D eigenvalue weighted by Crippen LogP contribution is 2.09. The molecule has 0 aromatic carbocycles. The Morgan fingerprint density at radius 3 is 1.79 bits per heavy atom. The highest BCUT2D eigenvalue weighted by molar-refractivity contribution is 7.89. The van der Waals surface area contributed by atoms with Gasteiger partial charge in [0.25, 0.3) is 0 Å². The summed E-state index contributed by atoms with van der Waals surface area (Å²) in [4.78, 5) is 0. The number of hydrogen-bond donors (Lipinski definition) is 2. The van der Waals surface area contributed by atoms with Gasteiger partial charge in [0.1, 0.15) is 0 Å². The molecule has 0 aliphatic rings. The maximum absolute atomic E-state index is 11.9. The molecule has 0 radical (unpaired) electrons. The maximum Gasteiger partial charge on any atom is 0.214 e. The van der Waals surface area contributed by atoms with Crippen molar-refractivity contribution >= 4 is 10.0 Å². The van der Waals surface area contributed by atoms with E-state index in [1.165, 1.54) is 0 Å². The number of rotatable bonds is 13. The molecule has 0 bridgehead atoms. The van der Waals surface area contributed by atoms with Crippen molar-refractivity contribution in [2.45, 2.75) is 38.5 Å². The second kappa shape index (κ2) is 11.6. The molecule has 116 valence electrons. The van der Waals surface area contributed by atoms with Crippen molar-refractivity contribution in [3.63, 3.8) is 0 Å². The fraction of sp³-hybridized carbons (Fsp3) is 1.00. The van der Waals surface area contributed by atoms with Crippen molar-refractivity contribution in [1.29, 1.82) is 0 Å². The molecule has 7 heteroatoms. The van der Waals surface area contributed by atoms with Gasteiger partial charge in [0.2, 0.25) is 10.0 Å². The molecular formula is C12H26FNO4S. The first-order valence-corrected chi connectivity index (χ1v) is 8.45. The third-order valence-electron chi connectivity index (χ3n) is 2.88. The van der Waals surface area contributed by atoms with E-state index in [1.807, 2.05) is 0 Å². The van der Waals surface area contributed by atoms with Crippen LogP contribution < -0.4 is 0 Å². The van der Waals surface area contributed by atoms with Gasteiger partial charge in [0.15, 0.2) is 0 Å². The molecule has 0 heterocycles. The highest BCUT2D eigenvalue weighted by atomic mass is 32.2. The van der Waals surface area contributed by atoms with Crippen LogP contribution in [-0.2, 0) is 10.0 Å². The topological polar surface area (TPSA) is 77.8 Å². The van der Waals surface area contributed by atoms with Gasteiger partial charge in [-0.05, 0) is 12.8 Å². The molecule has 0 saturated heterocycles. The Balaban J connectivity index is 3.87. The minimum absolute atomic E-state index is 0.0272. The second-order valence-corrected chi connectivity index (χ2v) is 6.56. The van der Waals surface area contributed by atoms with E-state index in [1.54, 1.807) is 0 Å². The van der Waals surface area contributed by atoms with Gasteiger partial charge in [-0.3, -0.25) is 4.39 Å². The van der Waals surface area contributed by atoms with Crippen LogP contribution in [0.2, 0.25) is 0 Å². The van der Waals surface area contributed by atoms with Crippen LogP contribution in [0.25, 0.3) is 0 Å². The van der Waals surface area contributed by atoms with E-state index in [9.17, 15) is 12.8 Å². The molecule has 5 nitrogen and oxygen atoms in total. The lowest BCUT2D eigenvalue weighted by atomic mass is 10.1. The molecule has 0 aliphatic heterocycles. The van der Waals surface area contributed by atoms with E-state index >= 15 is 0 Å². The van der Waals surface area contributed by atoms with Crippen LogP contribution in [0.3, 0.4) is 0 Å². The van der Waals surface area contributed by atoms with Gasteiger partial charge < -0.3 is 10.2 Å². The summed E-state index contributed by atoms with van der Waals surface area (Å²) in [5.41, 5.74) is 0. The van der Waals surface area contributed by atoms with Gasteiger partial charge in [-0.2, -0.15) is 4.31 Å². The molecule has 0 amide bonds. The summed E-state index contributed by atoms with van der Waals surface area (Å²) in [6.07, 6.45) is 4.64. The highest BCUT2D eigenvalue weighted by Gasteiger charge is 2.20. The average molecular weight is 299 g/mol. The third-order valence-corrected chi connectivity index (χ3v) is 4.83. The van der Waals surface area contributed by atoms with E-state index < -0.39 is 10.0 Å². The summed E-state index contributed by atoms with van der Waals surface area (Å²) >= 11 is 0. The van der Waals surface area contributed by atoms with Crippen LogP contribution in [0.5, 0.6) is 0 Å². The Bertz CT molecular complexity index is 292. The molecule has 0 aromatic rings. The molecule has 0 unspecified atom stereocenters. The number of nitrogens with zero attached hydrogens (tertiary/aromatic N) is 1. The molecule has 2 N–H and O–H groups in total. The van der Waals surface area contributed by atoms with Crippen molar-refractivity contribution in [1.82, 2.24) is 4.31 Å². The Morgan fingerprint density at radius 2 is 1.32 bits per heavy atom. The summed E-state index contributed by atoms with van der Waals surface area (Å²) in [7, 11) is -3.39. The molecule has 0 aromatic heterocycles. The van der Waals surface area contributed by atoms with E-state index in [2.05, 4.69) is 0 Å². The first kappa shape index (κ1) is 18.8. The summed E-state index contributed by atoms with van der Waals surface area (Å²) < 4.78 is 36.8. The number of sulfonamides is 1. The van der Waals surface area contributed by atoms with Crippen molar-refractivity contribution in [3.05, 3.63) is 0 Å². The lowest BCUT2D eigenvalue weighted by Crippen LogP contribution is -2.37. The van der Waals surface area contributed by atoms with Crippen LogP contribution >= 0.6 is 0 Å². The van der Waals surface area contributed by atoms with E-state index in [0.29, 0.717) is 12.8 Å². The third kappa shape index (κ3) is 9.32.